The first kappa shape index (κ1) is 45.4. The summed E-state index contributed by atoms with van der Waals surface area (Å²) >= 11 is 0. The highest BCUT2D eigenvalue weighted by Crippen LogP contribution is 2.30. The summed E-state index contributed by atoms with van der Waals surface area (Å²) < 4.78 is 8.27. The monoisotopic (exact) mass is 816 g/mol. The first-order valence-electron chi connectivity index (χ1n) is 20.9. The summed E-state index contributed by atoms with van der Waals surface area (Å²) in [5.41, 5.74) is 14.6. The molecule has 15 nitrogen and oxygen atoms in total. The molecule has 0 radical (unpaired) electrons. The Morgan fingerprint density at radius 1 is 0.433 bits per heavy atom. The van der Waals surface area contributed by atoms with Crippen LogP contribution in [0.15, 0.2) is 6.07 Å². The second-order valence-corrected chi connectivity index (χ2v) is 16.9. The van der Waals surface area contributed by atoms with Gasteiger partial charge < -0.3 is 9.13 Å². The first-order valence-corrected chi connectivity index (χ1v) is 20.9. The number of hydrogen-bond acceptors (Lipinski definition) is 11. The van der Waals surface area contributed by atoms with Gasteiger partial charge in [0.15, 0.2) is 22.5 Å². The fourth-order valence-electron chi connectivity index (χ4n) is 7.93. The molecule has 0 aliphatic heterocycles. The van der Waals surface area contributed by atoms with Crippen molar-refractivity contribution >= 4 is 44.4 Å². The molecule has 0 aliphatic rings. The largest absolute Gasteiger partial charge is 0.327 e. The normalized spacial score (nSPS) is 11.6. The van der Waals surface area contributed by atoms with Crippen molar-refractivity contribution in [3.05, 3.63) is 74.7 Å². The number of pyridine rings is 1. The highest BCUT2D eigenvalue weighted by molar-refractivity contribution is 5.85. The lowest BCUT2D eigenvalue weighted by Crippen LogP contribution is -2.04. The third-order valence-corrected chi connectivity index (χ3v) is 10.5. The van der Waals surface area contributed by atoms with Crippen LogP contribution in [0.25, 0.3) is 44.4 Å². The smallest absolute Gasteiger partial charge is 0.182 e. The Labute approximate surface area is 354 Å². The van der Waals surface area contributed by atoms with E-state index in [9.17, 15) is 0 Å². The SMILES string of the molecule is Cc1cc(C)c2c(C)c(C)n(C(C)C)c2n1.Cc1nc(C)c2c(C)nn(C(C)C)c2n1.Cc1nc(C)c2nc(C)n(C(C)C)c2n1.Cc1nc(C)c2nnn(C(C)C)c2n1. The number of hydrogen-bond donors (Lipinski definition) is 0. The molecule has 8 aromatic heterocycles. The van der Waals surface area contributed by atoms with Crippen molar-refractivity contribution in [3.63, 3.8) is 0 Å². The first-order chi connectivity index (χ1) is 28.0. The predicted octanol–water partition coefficient (Wildman–Crippen LogP) is 9.93. The third kappa shape index (κ3) is 9.04. The van der Waals surface area contributed by atoms with Crippen LogP contribution >= 0.6 is 0 Å². The number of aryl methyl sites for hydroxylation is 11. The highest BCUT2D eigenvalue weighted by atomic mass is 15.5. The van der Waals surface area contributed by atoms with E-state index in [1.165, 1.54) is 22.2 Å². The van der Waals surface area contributed by atoms with Gasteiger partial charge in [-0.05, 0) is 156 Å². The lowest BCUT2D eigenvalue weighted by atomic mass is 10.1. The molecule has 0 saturated heterocycles. The van der Waals surface area contributed by atoms with E-state index in [0.29, 0.717) is 18.1 Å². The van der Waals surface area contributed by atoms with E-state index in [2.05, 4.69) is 149 Å². The molecule has 8 heterocycles. The maximum Gasteiger partial charge on any atom is 0.182 e. The summed E-state index contributed by atoms with van der Waals surface area (Å²) in [7, 11) is 0. The molecule has 15 heteroatoms. The number of nitrogens with zero attached hydrogens (tertiary/aromatic N) is 15. The standard InChI is InChI=1S/C14H20N2.2C11H16N4.C9H13N5/c1-8(2)16-12(6)11(5)13-9(3)7-10(4)15-14(13)16;1-6(2)15-9(5)14-10-7(3)12-8(4)13-11(10)15;1-6(2)15-11-10(8(4)14-15)7(3)12-9(5)13-11;1-5(2)14-9-8(12-13-14)6(3)10-7(4)11-9/h7-8H,1-6H3;2*6H,1-5H3;5H,1-4H3. The minimum atomic E-state index is 0.272. The van der Waals surface area contributed by atoms with E-state index in [1.54, 1.807) is 0 Å². The Balaban J connectivity index is 0.000000152. The maximum atomic E-state index is 4.70. The molecule has 8 rings (SSSR count). The molecule has 0 spiro atoms. The quantitative estimate of drug-likeness (QED) is 0.166. The fraction of sp³-hybridized carbons (Fsp3) is 0.533. The molecule has 0 saturated carbocycles. The van der Waals surface area contributed by atoms with Gasteiger partial charge in [0.25, 0.3) is 0 Å². The Morgan fingerprint density at radius 2 is 0.950 bits per heavy atom. The number of aromatic nitrogens is 15. The average Bonchev–Trinajstić information content (AvgIpc) is 3.86. The van der Waals surface area contributed by atoms with Gasteiger partial charge in [-0.2, -0.15) is 5.10 Å². The zero-order chi connectivity index (χ0) is 44.7. The van der Waals surface area contributed by atoms with E-state index in [0.717, 1.165) is 90.8 Å². The van der Waals surface area contributed by atoms with Gasteiger partial charge in [-0.15, -0.1) is 5.10 Å². The van der Waals surface area contributed by atoms with Crippen LogP contribution in [0, 0.1) is 83.1 Å². The predicted molar refractivity (Wildman–Crippen MR) is 242 cm³/mol. The minimum Gasteiger partial charge on any atom is -0.327 e. The van der Waals surface area contributed by atoms with E-state index >= 15 is 0 Å². The number of imidazole rings is 1. The molecule has 0 bridgehead atoms. The molecular weight excluding hydrogens is 751 g/mol. The Kier molecular flexibility index (Phi) is 13.5. The van der Waals surface area contributed by atoms with E-state index in [4.69, 9.17) is 4.98 Å². The van der Waals surface area contributed by atoms with Crippen molar-refractivity contribution in [2.45, 2.75) is 163 Å². The molecule has 0 aromatic carbocycles. The minimum absolute atomic E-state index is 0.272. The van der Waals surface area contributed by atoms with Gasteiger partial charge in [-0.1, -0.05) is 5.21 Å². The summed E-state index contributed by atoms with van der Waals surface area (Å²) in [5.74, 6) is 3.38. The molecule has 320 valence electrons. The van der Waals surface area contributed by atoms with Crippen LogP contribution in [0.4, 0.5) is 0 Å². The number of fused-ring (bicyclic) bond motifs is 4. The maximum absolute atomic E-state index is 4.70. The summed E-state index contributed by atoms with van der Waals surface area (Å²) in [6.45, 7) is 41.3. The molecule has 0 aliphatic carbocycles. The van der Waals surface area contributed by atoms with Gasteiger partial charge in [0, 0.05) is 34.9 Å². The number of rotatable bonds is 4. The second kappa shape index (κ2) is 17.9. The van der Waals surface area contributed by atoms with Gasteiger partial charge in [0.2, 0.25) is 0 Å². The molecular formula is C45H65N15. The van der Waals surface area contributed by atoms with Crippen LogP contribution in [0.2, 0.25) is 0 Å². The molecule has 0 unspecified atom stereocenters. The van der Waals surface area contributed by atoms with E-state index < -0.39 is 0 Å². The Bertz CT molecular complexity index is 2800. The lowest BCUT2D eigenvalue weighted by Gasteiger charge is -2.12. The highest BCUT2D eigenvalue weighted by Gasteiger charge is 2.18. The van der Waals surface area contributed by atoms with Crippen molar-refractivity contribution in [1.82, 2.24) is 73.8 Å². The molecule has 60 heavy (non-hydrogen) atoms. The van der Waals surface area contributed by atoms with Crippen molar-refractivity contribution in [2.24, 2.45) is 0 Å². The van der Waals surface area contributed by atoms with E-state index in [1.807, 2.05) is 64.8 Å². The topological polar surface area (TPSA) is 162 Å². The molecule has 0 amide bonds. The third-order valence-electron chi connectivity index (χ3n) is 10.5. The second-order valence-electron chi connectivity index (χ2n) is 16.9. The van der Waals surface area contributed by atoms with Crippen molar-refractivity contribution in [3.8, 4) is 0 Å². The van der Waals surface area contributed by atoms with Gasteiger partial charge >= 0.3 is 0 Å². The van der Waals surface area contributed by atoms with Crippen LogP contribution in [0.5, 0.6) is 0 Å². The Morgan fingerprint density at radius 3 is 1.50 bits per heavy atom. The van der Waals surface area contributed by atoms with Crippen molar-refractivity contribution < 1.29 is 0 Å². The summed E-state index contributed by atoms with van der Waals surface area (Å²) in [6.07, 6.45) is 0. The summed E-state index contributed by atoms with van der Waals surface area (Å²) in [5, 5.41) is 15.1. The zero-order valence-electron chi connectivity index (χ0n) is 39.6. The van der Waals surface area contributed by atoms with Crippen LogP contribution in [-0.4, -0.2) is 73.8 Å². The van der Waals surface area contributed by atoms with Crippen LogP contribution in [0.1, 0.15) is 148 Å². The van der Waals surface area contributed by atoms with Crippen LogP contribution in [0.3, 0.4) is 0 Å². The Hall–Kier alpha value is -5.73. The average molecular weight is 816 g/mol. The summed E-state index contributed by atoms with van der Waals surface area (Å²) in [4.78, 5) is 35.4. The fourth-order valence-corrected chi connectivity index (χ4v) is 7.93. The van der Waals surface area contributed by atoms with Gasteiger partial charge in [-0.3, -0.25) is 0 Å². The van der Waals surface area contributed by atoms with Crippen molar-refractivity contribution in [2.75, 3.05) is 0 Å². The lowest BCUT2D eigenvalue weighted by molar-refractivity contribution is 0.526. The summed E-state index contributed by atoms with van der Waals surface area (Å²) in [6, 6.07) is 3.61. The van der Waals surface area contributed by atoms with Gasteiger partial charge in [0.05, 0.1) is 34.2 Å². The zero-order valence-corrected chi connectivity index (χ0v) is 39.6. The molecule has 0 atom stereocenters. The van der Waals surface area contributed by atoms with Gasteiger partial charge in [0.1, 0.15) is 34.5 Å². The van der Waals surface area contributed by atoms with Crippen LogP contribution in [-0.2, 0) is 0 Å². The molecule has 0 N–H and O–H groups in total. The van der Waals surface area contributed by atoms with Crippen molar-refractivity contribution in [1.29, 1.82) is 0 Å². The van der Waals surface area contributed by atoms with E-state index in [-0.39, 0.29) is 6.04 Å². The molecule has 8 aromatic rings. The molecule has 0 fully saturated rings. The van der Waals surface area contributed by atoms with Crippen LogP contribution < -0.4 is 0 Å². The van der Waals surface area contributed by atoms with Gasteiger partial charge in [-0.25, -0.2) is 49.2 Å².